The number of allylic oxidation sites excluding steroid dienone is 1. The van der Waals surface area contributed by atoms with E-state index in [2.05, 4.69) is 15.9 Å². The Morgan fingerprint density at radius 2 is 2.57 bits per heavy atom. The van der Waals surface area contributed by atoms with Crippen LogP contribution in [0.2, 0.25) is 0 Å². The van der Waals surface area contributed by atoms with E-state index in [1.807, 2.05) is 6.08 Å². The van der Waals surface area contributed by atoms with Gasteiger partial charge in [0.2, 0.25) is 0 Å². The molecule has 1 aliphatic carbocycles. The Labute approximate surface area is 51.2 Å². The largest absolute Gasteiger partial charge is 0.388 e. The first-order valence-electron chi connectivity index (χ1n) is 2.34. The average molecular weight is 163 g/mol. The lowest BCUT2D eigenvalue weighted by atomic mass is 10.3. The second kappa shape index (κ2) is 1.97. The SMILES string of the molecule is O[C@@H]1CCC=C1Br. The standard InChI is InChI=1S/C5H7BrO/c6-4-2-1-3-5(4)7/h2,5,7H,1,3H2/t5-/m1/s1. The number of rotatable bonds is 0. The van der Waals surface area contributed by atoms with Crippen molar-refractivity contribution in [2.75, 3.05) is 0 Å². The van der Waals surface area contributed by atoms with Crippen LogP contribution in [0.25, 0.3) is 0 Å². The average Bonchev–Trinajstić information content (AvgIpc) is 1.91. The summed E-state index contributed by atoms with van der Waals surface area (Å²) < 4.78 is 0.951. The fourth-order valence-corrected chi connectivity index (χ4v) is 1.11. The molecule has 0 bridgehead atoms. The highest BCUT2D eigenvalue weighted by atomic mass is 79.9. The number of aliphatic hydroxyl groups excluding tert-OH is 1. The van der Waals surface area contributed by atoms with Gasteiger partial charge >= 0.3 is 0 Å². The zero-order valence-electron chi connectivity index (χ0n) is 3.89. The number of aliphatic hydroxyl groups is 1. The summed E-state index contributed by atoms with van der Waals surface area (Å²) in [6, 6.07) is 0. The minimum Gasteiger partial charge on any atom is -0.388 e. The number of hydrogen-bond acceptors (Lipinski definition) is 1. The summed E-state index contributed by atoms with van der Waals surface area (Å²) >= 11 is 3.21. The molecule has 40 valence electrons. The van der Waals surface area contributed by atoms with E-state index in [0.717, 1.165) is 17.3 Å². The Balaban J connectivity index is 2.54. The van der Waals surface area contributed by atoms with Crippen LogP contribution in [0.5, 0.6) is 0 Å². The monoisotopic (exact) mass is 162 g/mol. The van der Waals surface area contributed by atoms with Gasteiger partial charge in [-0.05, 0) is 12.8 Å². The summed E-state index contributed by atoms with van der Waals surface area (Å²) in [5.74, 6) is 0. The minimum absolute atomic E-state index is 0.208. The molecule has 0 unspecified atom stereocenters. The van der Waals surface area contributed by atoms with Gasteiger partial charge in [-0.2, -0.15) is 0 Å². The second-order valence-electron chi connectivity index (χ2n) is 1.68. The van der Waals surface area contributed by atoms with Crippen molar-refractivity contribution in [2.24, 2.45) is 0 Å². The molecule has 0 aromatic rings. The predicted octanol–water partition coefficient (Wildman–Crippen LogP) is 1.42. The van der Waals surface area contributed by atoms with Gasteiger partial charge < -0.3 is 5.11 Å². The van der Waals surface area contributed by atoms with Crippen molar-refractivity contribution >= 4 is 15.9 Å². The van der Waals surface area contributed by atoms with Gasteiger partial charge in [0.1, 0.15) is 0 Å². The molecular formula is C5H7BrO. The Kier molecular flexibility index (Phi) is 1.50. The van der Waals surface area contributed by atoms with Crippen molar-refractivity contribution in [3.05, 3.63) is 10.6 Å². The van der Waals surface area contributed by atoms with Crippen LogP contribution in [0, 0.1) is 0 Å². The topological polar surface area (TPSA) is 20.2 Å². The van der Waals surface area contributed by atoms with E-state index in [-0.39, 0.29) is 6.10 Å². The van der Waals surface area contributed by atoms with Gasteiger partial charge in [0.25, 0.3) is 0 Å². The van der Waals surface area contributed by atoms with E-state index in [1.165, 1.54) is 0 Å². The Morgan fingerprint density at radius 3 is 2.71 bits per heavy atom. The normalized spacial score (nSPS) is 30.6. The second-order valence-corrected chi connectivity index (χ2v) is 2.60. The van der Waals surface area contributed by atoms with Gasteiger partial charge in [-0.25, -0.2) is 0 Å². The summed E-state index contributed by atoms with van der Waals surface area (Å²) in [4.78, 5) is 0. The Morgan fingerprint density at radius 1 is 1.86 bits per heavy atom. The maximum Gasteiger partial charge on any atom is 0.0854 e. The summed E-state index contributed by atoms with van der Waals surface area (Å²) in [5.41, 5.74) is 0. The lowest BCUT2D eigenvalue weighted by Crippen LogP contribution is -1.98. The van der Waals surface area contributed by atoms with Gasteiger partial charge in [-0.1, -0.05) is 22.0 Å². The van der Waals surface area contributed by atoms with Crippen LogP contribution in [0.4, 0.5) is 0 Å². The number of halogens is 1. The zero-order chi connectivity index (χ0) is 5.28. The fourth-order valence-electron chi connectivity index (χ4n) is 0.653. The van der Waals surface area contributed by atoms with Crippen LogP contribution < -0.4 is 0 Å². The molecule has 1 aliphatic rings. The minimum atomic E-state index is -0.208. The van der Waals surface area contributed by atoms with Gasteiger partial charge in [0, 0.05) is 4.48 Å². The van der Waals surface area contributed by atoms with Crippen molar-refractivity contribution < 1.29 is 5.11 Å². The van der Waals surface area contributed by atoms with Crippen molar-refractivity contribution in [3.8, 4) is 0 Å². The van der Waals surface area contributed by atoms with Crippen LogP contribution in [0.3, 0.4) is 0 Å². The highest BCUT2D eigenvalue weighted by Gasteiger charge is 2.11. The van der Waals surface area contributed by atoms with E-state index >= 15 is 0 Å². The first kappa shape index (κ1) is 5.32. The molecule has 0 saturated carbocycles. The molecule has 7 heavy (non-hydrogen) atoms. The molecule has 0 saturated heterocycles. The van der Waals surface area contributed by atoms with Gasteiger partial charge in [-0.3, -0.25) is 0 Å². The summed E-state index contributed by atoms with van der Waals surface area (Å²) in [5, 5.41) is 8.88. The molecule has 0 spiro atoms. The Bertz CT molecular complexity index is 98.3. The smallest absolute Gasteiger partial charge is 0.0854 e. The third-order valence-corrected chi connectivity index (χ3v) is 1.95. The number of hydrogen-bond donors (Lipinski definition) is 1. The van der Waals surface area contributed by atoms with Crippen LogP contribution in [0.1, 0.15) is 12.8 Å². The van der Waals surface area contributed by atoms with Gasteiger partial charge in [0.05, 0.1) is 6.10 Å². The first-order chi connectivity index (χ1) is 3.30. The van der Waals surface area contributed by atoms with E-state index in [1.54, 1.807) is 0 Å². The van der Waals surface area contributed by atoms with Gasteiger partial charge in [0.15, 0.2) is 0 Å². The molecular weight excluding hydrogens is 156 g/mol. The van der Waals surface area contributed by atoms with Crippen molar-refractivity contribution in [1.29, 1.82) is 0 Å². The molecule has 2 heteroatoms. The van der Waals surface area contributed by atoms with Crippen LogP contribution >= 0.6 is 15.9 Å². The molecule has 0 aromatic heterocycles. The molecule has 0 amide bonds. The zero-order valence-corrected chi connectivity index (χ0v) is 5.48. The molecule has 0 fully saturated rings. The molecule has 0 aliphatic heterocycles. The first-order valence-corrected chi connectivity index (χ1v) is 3.13. The van der Waals surface area contributed by atoms with Gasteiger partial charge in [-0.15, -0.1) is 0 Å². The van der Waals surface area contributed by atoms with Crippen molar-refractivity contribution in [3.63, 3.8) is 0 Å². The highest BCUT2D eigenvalue weighted by Crippen LogP contribution is 2.22. The third-order valence-electron chi connectivity index (χ3n) is 1.10. The summed E-state index contributed by atoms with van der Waals surface area (Å²) in [6.45, 7) is 0. The van der Waals surface area contributed by atoms with Crippen LogP contribution in [0.15, 0.2) is 10.6 Å². The third kappa shape index (κ3) is 1.04. The van der Waals surface area contributed by atoms with E-state index < -0.39 is 0 Å². The molecule has 1 atom stereocenters. The van der Waals surface area contributed by atoms with Crippen molar-refractivity contribution in [1.82, 2.24) is 0 Å². The van der Waals surface area contributed by atoms with Crippen LogP contribution in [-0.4, -0.2) is 11.2 Å². The molecule has 1 rings (SSSR count). The van der Waals surface area contributed by atoms with Crippen molar-refractivity contribution in [2.45, 2.75) is 18.9 Å². The quantitative estimate of drug-likeness (QED) is 0.572. The van der Waals surface area contributed by atoms with Crippen LogP contribution in [-0.2, 0) is 0 Å². The van der Waals surface area contributed by atoms with E-state index in [0.29, 0.717) is 0 Å². The summed E-state index contributed by atoms with van der Waals surface area (Å²) in [6.07, 6.45) is 3.70. The maximum atomic E-state index is 8.88. The summed E-state index contributed by atoms with van der Waals surface area (Å²) in [7, 11) is 0. The molecule has 1 N–H and O–H groups in total. The molecule has 0 heterocycles. The van der Waals surface area contributed by atoms with E-state index in [9.17, 15) is 0 Å². The lowest BCUT2D eigenvalue weighted by Gasteiger charge is -1.96. The predicted molar refractivity (Wildman–Crippen MR) is 32.3 cm³/mol. The highest BCUT2D eigenvalue weighted by molar-refractivity contribution is 9.11. The lowest BCUT2D eigenvalue weighted by molar-refractivity contribution is 0.220. The molecule has 0 aromatic carbocycles. The fraction of sp³-hybridized carbons (Fsp3) is 0.600. The maximum absolute atomic E-state index is 8.88. The van der Waals surface area contributed by atoms with E-state index in [4.69, 9.17) is 5.11 Å². The molecule has 1 nitrogen and oxygen atoms in total. The Hall–Kier alpha value is 0.180. The molecule has 0 radical (unpaired) electrons.